The van der Waals surface area contributed by atoms with Crippen molar-refractivity contribution in [1.82, 2.24) is 19.9 Å². The molecule has 2 aromatic rings. The van der Waals surface area contributed by atoms with E-state index in [0.717, 1.165) is 24.3 Å². The Balaban J connectivity index is 1.40. The van der Waals surface area contributed by atoms with Crippen LogP contribution in [0.5, 0.6) is 11.5 Å². The van der Waals surface area contributed by atoms with Crippen molar-refractivity contribution in [2.24, 2.45) is 0 Å². The second kappa shape index (κ2) is 5.75. The van der Waals surface area contributed by atoms with E-state index in [1.807, 2.05) is 34.0 Å². The molecule has 0 saturated carbocycles. The number of likely N-dealkylation sites (tertiary alicyclic amines) is 1. The maximum absolute atomic E-state index is 12.3. The quantitative estimate of drug-likeness (QED) is 0.803. The molecule has 7 nitrogen and oxygen atoms in total. The summed E-state index contributed by atoms with van der Waals surface area (Å²) >= 11 is 0. The van der Waals surface area contributed by atoms with Gasteiger partial charge in [0.25, 0.3) is 0 Å². The van der Waals surface area contributed by atoms with E-state index in [-0.39, 0.29) is 18.7 Å². The van der Waals surface area contributed by atoms with Crippen LogP contribution in [-0.4, -0.2) is 45.7 Å². The van der Waals surface area contributed by atoms with Crippen LogP contribution in [0.2, 0.25) is 0 Å². The van der Waals surface area contributed by atoms with Gasteiger partial charge >= 0.3 is 0 Å². The second-order valence-corrected chi connectivity index (χ2v) is 5.56. The summed E-state index contributed by atoms with van der Waals surface area (Å²) in [6.07, 6.45) is 7.78. The number of carbonyl (C=O) groups is 1. The van der Waals surface area contributed by atoms with Gasteiger partial charge in [-0.15, -0.1) is 5.10 Å². The van der Waals surface area contributed by atoms with E-state index in [2.05, 4.69) is 10.3 Å². The van der Waals surface area contributed by atoms with Gasteiger partial charge in [0.1, 0.15) is 0 Å². The maximum Gasteiger partial charge on any atom is 0.246 e. The van der Waals surface area contributed by atoms with Crippen LogP contribution in [0.4, 0.5) is 0 Å². The third-order valence-corrected chi connectivity index (χ3v) is 4.11. The molecular weight excluding hydrogens is 296 g/mol. The van der Waals surface area contributed by atoms with Crippen molar-refractivity contribution in [1.29, 1.82) is 0 Å². The first kappa shape index (κ1) is 13.8. The van der Waals surface area contributed by atoms with Crippen LogP contribution >= 0.6 is 0 Å². The van der Waals surface area contributed by atoms with Gasteiger partial charge in [0, 0.05) is 25.4 Å². The van der Waals surface area contributed by atoms with Gasteiger partial charge in [0.2, 0.25) is 12.7 Å². The van der Waals surface area contributed by atoms with Crippen molar-refractivity contribution >= 4 is 12.0 Å². The zero-order valence-electron chi connectivity index (χ0n) is 12.5. The highest BCUT2D eigenvalue weighted by atomic mass is 16.7. The standard InChI is InChI=1S/C16H16N4O3/c21-16(19-7-5-13(10-19)20-8-6-17-18-20)4-2-12-1-3-14-15(9-12)23-11-22-14/h1-4,6,8-9,13H,5,7,10-11H2. The van der Waals surface area contributed by atoms with Gasteiger partial charge in [-0.05, 0) is 30.2 Å². The smallest absolute Gasteiger partial charge is 0.246 e. The topological polar surface area (TPSA) is 69.5 Å². The van der Waals surface area contributed by atoms with Gasteiger partial charge in [0.05, 0.1) is 12.2 Å². The molecule has 1 atom stereocenters. The van der Waals surface area contributed by atoms with E-state index in [1.54, 1.807) is 18.3 Å². The minimum Gasteiger partial charge on any atom is -0.454 e. The number of carbonyl (C=O) groups excluding carboxylic acids is 1. The molecule has 3 heterocycles. The largest absolute Gasteiger partial charge is 0.454 e. The first-order chi connectivity index (χ1) is 11.3. The molecule has 4 rings (SSSR count). The van der Waals surface area contributed by atoms with Gasteiger partial charge in [-0.25, -0.2) is 4.68 Å². The van der Waals surface area contributed by atoms with Crippen LogP contribution < -0.4 is 9.47 Å². The Morgan fingerprint density at radius 3 is 3.09 bits per heavy atom. The predicted molar refractivity (Wildman–Crippen MR) is 81.9 cm³/mol. The average Bonchev–Trinajstić information content (AvgIpc) is 3.32. The molecule has 1 unspecified atom stereocenters. The molecule has 0 spiro atoms. The summed E-state index contributed by atoms with van der Waals surface area (Å²) in [6.45, 7) is 1.64. The number of fused-ring (bicyclic) bond motifs is 1. The number of amides is 1. The number of benzene rings is 1. The molecule has 118 valence electrons. The molecule has 0 aliphatic carbocycles. The summed E-state index contributed by atoms with van der Waals surface area (Å²) < 4.78 is 12.4. The maximum atomic E-state index is 12.3. The number of aromatic nitrogens is 3. The van der Waals surface area contributed by atoms with Gasteiger partial charge in [-0.2, -0.15) is 0 Å². The van der Waals surface area contributed by atoms with Crippen molar-refractivity contribution in [3.05, 3.63) is 42.2 Å². The number of ether oxygens (including phenoxy) is 2. The number of nitrogens with zero attached hydrogens (tertiary/aromatic N) is 4. The lowest BCUT2D eigenvalue weighted by Gasteiger charge is -2.14. The zero-order chi connectivity index (χ0) is 15.6. The van der Waals surface area contributed by atoms with Crippen molar-refractivity contribution in [3.63, 3.8) is 0 Å². The van der Waals surface area contributed by atoms with Crippen LogP contribution in [0.25, 0.3) is 6.08 Å². The SMILES string of the molecule is O=C(C=Cc1ccc2c(c1)OCO2)N1CCC(n2ccnn2)C1. The molecule has 1 amide bonds. The summed E-state index contributed by atoms with van der Waals surface area (Å²) in [5, 5.41) is 7.82. The Hall–Kier alpha value is -2.83. The van der Waals surface area contributed by atoms with Gasteiger partial charge in [-0.1, -0.05) is 11.3 Å². The minimum atomic E-state index is 0.00489. The Bertz CT molecular complexity index is 742. The van der Waals surface area contributed by atoms with Crippen molar-refractivity contribution in [2.75, 3.05) is 19.9 Å². The van der Waals surface area contributed by atoms with Crippen molar-refractivity contribution in [3.8, 4) is 11.5 Å². The van der Waals surface area contributed by atoms with Crippen molar-refractivity contribution < 1.29 is 14.3 Å². The molecule has 0 bridgehead atoms. The molecule has 0 N–H and O–H groups in total. The third kappa shape index (κ3) is 2.77. The van der Waals surface area contributed by atoms with Crippen LogP contribution in [-0.2, 0) is 4.79 Å². The van der Waals surface area contributed by atoms with E-state index in [0.29, 0.717) is 12.3 Å². The lowest BCUT2D eigenvalue weighted by molar-refractivity contribution is -0.125. The fraction of sp³-hybridized carbons (Fsp3) is 0.312. The van der Waals surface area contributed by atoms with Gasteiger partial charge in [0.15, 0.2) is 11.5 Å². The first-order valence-corrected chi connectivity index (χ1v) is 7.52. The number of hydrogen-bond donors (Lipinski definition) is 0. The molecule has 1 fully saturated rings. The van der Waals surface area contributed by atoms with Gasteiger partial charge < -0.3 is 14.4 Å². The summed E-state index contributed by atoms with van der Waals surface area (Å²) in [6, 6.07) is 5.83. The monoisotopic (exact) mass is 312 g/mol. The number of rotatable bonds is 3. The van der Waals surface area contributed by atoms with E-state index in [4.69, 9.17) is 9.47 Å². The lowest BCUT2D eigenvalue weighted by atomic mass is 10.2. The molecule has 1 aromatic heterocycles. The van der Waals surface area contributed by atoms with Crippen LogP contribution in [0.3, 0.4) is 0 Å². The highest BCUT2D eigenvalue weighted by molar-refractivity contribution is 5.92. The highest BCUT2D eigenvalue weighted by Gasteiger charge is 2.26. The van der Waals surface area contributed by atoms with Crippen LogP contribution in [0, 0.1) is 0 Å². The van der Waals surface area contributed by atoms with E-state index >= 15 is 0 Å². The zero-order valence-corrected chi connectivity index (χ0v) is 12.5. The highest BCUT2D eigenvalue weighted by Crippen LogP contribution is 2.32. The van der Waals surface area contributed by atoms with E-state index in [1.165, 1.54) is 0 Å². The Labute approximate surface area is 133 Å². The summed E-state index contributed by atoms with van der Waals surface area (Å²) in [5.74, 6) is 1.46. The molecule has 2 aliphatic heterocycles. The predicted octanol–water partition coefficient (Wildman–Crippen LogP) is 1.49. The molecule has 1 aromatic carbocycles. The normalized spacial score (nSPS) is 19.7. The molecular formula is C16H16N4O3. The molecule has 0 radical (unpaired) electrons. The van der Waals surface area contributed by atoms with Crippen molar-refractivity contribution in [2.45, 2.75) is 12.5 Å². The Morgan fingerprint density at radius 1 is 1.30 bits per heavy atom. The fourth-order valence-corrected chi connectivity index (χ4v) is 2.86. The Kier molecular flexibility index (Phi) is 3.45. The van der Waals surface area contributed by atoms with Crippen LogP contribution in [0.1, 0.15) is 18.0 Å². The summed E-state index contributed by atoms with van der Waals surface area (Å²) in [5.41, 5.74) is 0.912. The summed E-state index contributed by atoms with van der Waals surface area (Å²) in [7, 11) is 0. The van der Waals surface area contributed by atoms with Gasteiger partial charge in [-0.3, -0.25) is 4.79 Å². The molecule has 7 heteroatoms. The summed E-state index contributed by atoms with van der Waals surface area (Å²) in [4.78, 5) is 14.1. The molecule has 2 aliphatic rings. The van der Waals surface area contributed by atoms with Crippen LogP contribution in [0.15, 0.2) is 36.7 Å². The van der Waals surface area contributed by atoms with E-state index in [9.17, 15) is 4.79 Å². The molecule has 23 heavy (non-hydrogen) atoms. The Morgan fingerprint density at radius 2 is 2.22 bits per heavy atom. The lowest BCUT2D eigenvalue weighted by Crippen LogP contribution is -2.27. The number of hydrogen-bond acceptors (Lipinski definition) is 5. The average molecular weight is 312 g/mol. The fourth-order valence-electron chi connectivity index (χ4n) is 2.86. The first-order valence-electron chi connectivity index (χ1n) is 7.52. The third-order valence-electron chi connectivity index (χ3n) is 4.11. The van der Waals surface area contributed by atoms with E-state index < -0.39 is 0 Å². The molecule has 1 saturated heterocycles. The minimum absolute atomic E-state index is 0.00489. The second-order valence-electron chi connectivity index (χ2n) is 5.56.